The van der Waals surface area contributed by atoms with Gasteiger partial charge in [0.2, 0.25) is 0 Å². The van der Waals surface area contributed by atoms with Gasteiger partial charge in [-0.05, 0) is 48.4 Å². The van der Waals surface area contributed by atoms with Crippen LogP contribution in [0.1, 0.15) is 28.4 Å². The summed E-state index contributed by atoms with van der Waals surface area (Å²) in [5.41, 5.74) is 5.82. The van der Waals surface area contributed by atoms with Gasteiger partial charge in [-0.3, -0.25) is 9.97 Å². The smallest absolute Gasteiger partial charge is 0.103 e. The van der Waals surface area contributed by atoms with Crippen LogP contribution in [0.2, 0.25) is 10.0 Å². The number of hydrogen-bond donors (Lipinski definition) is 2. The Labute approximate surface area is 218 Å². The molecule has 1 atom stereocenters. The fourth-order valence-electron chi connectivity index (χ4n) is 4.00. The van der Waals surface area contributed by atoms with Crippen molar-refractivity contribution in [2.75, 3.05) is 10.6 Å². The highest BCUT2D eigenvalue weighted by Crippen LogP contribution is 2.37. The molecule has 0 fully saturated rings. The standard InChI is InChI=1S/C27H21Cl2N7/c1-16-5-6-19(9-22(16)28)34-25-18(11-30)13-32-27-21(25)8-20(10-23(27)29)35-26(17-4-3-7-31-12-17)24-14-36(2)15-33-24/h3-10,12-15,26,35H,1-2H3,(H,32,34). The highest BCUT2D eigenvalue weighted by molar-refractivity contribution is 6.36. The fraction of sp³-hybridized carbons (Fsp3) is 0.111. The van der Waals surface area contributed by atoms with Crippen LogP contribution in [-0.2, 0) is 7.05 Å². The molecule has 0 radical (unpaired) electrons. The van der Waals surface area contributed by atoms with Gasteiger partial charge < -0.3 is 15.2 Å². The van der Waals surface area contributed by atoms with E-state index in [9.17, 15) is 5.26 Å². The van der Waals surface area contributed by atoms with Crippen molar-refractivity contribution in [3.8, 4) is 6.07 Å². The fourth-order valence-corrected chi connectivity index (χ4v) is 4.45. The predicted molar refractivity (Wildman–Crippen MR) is 144 cm³/mol. The van der Waals surface area contributed by atoms with Crippen LogP contribution in [0.15, 0.2) is 73.6 Å². The molecule has 0 aliphatic heterocycles. The maximum absolute atomic E-state index is 9.82. The number of imidazole rings is 1. The van der Waals surface area contributed by atoms with E-state index in [1.54, 1.807) is 18.7 Å². The number of aromatic nitrogens is 4. The lowest BCUT2D eigenvalue weighted by Crippen LogP contribution is -2.13. The summed E-state index contributed by atoms with van der Waals surface area (Å²) in [4.78, 5) is 13.3. The van der Waals surface area contributed by atoms with Crippen molar-refractivity contribution in [3.63, 3.8) is 0 Å². The molecule has 0 aliphatic carbocycles. The Morgan fingerprint density at radius 3 is 2.56 bits per heavy atom. The second-order valence-electron chi connectivity index (χ2n) is 8.43. The molecule has 5 aromatic rings. The zero-order valence-corrected chi connectivity index (χ0v) is 21.0. The van der Waals surface area contributed by atoms with E-state index in [-0.39, 0.29) is 6.04 Å². The van der Waals surface area contributed by atoms with Crippen molar-refractivity contribution in [2.45, 2.75) is 13.0 Å². The number of benzene rings is 2. The minimum Gasteiger partial charge on any atom is -0.373 e. The van der Waals surface area contributed by atoms with Crippen molar-refractivity contribution in [1.29, 1.82) is 5.26 Å². The summed E-state index contributed by atoms with van der Waals surface area (Å²) >= 11 is 13.0. The largest absolute Gasteiger partial charge is 0.373 e. The zero-order valence-electron chi connectivity index (χ0n) is 19.5. The van der Waals surface area contributed by atoms with E-state index in [0.717, 1.165) is 28.2 Å². The lowest BCUT2D eigenvalue weighted by atomic mass is 10.0. The van der Waals surface area contributed by atoms with Crippen molar-refractivity contribution in [1.82, 2.24) is 19.5 Å². The summed E-state index contributed by atoms with van der Waals surface area (Å²) in [5.74, 6) is 0. The van der Waals surface area contributed by atoms with Gasteiger partial charge in [-0.15, -0.1) is 0 Å². The second kappa shape index (κ2) is 9.86. The van der Waals surface area contributed by atoms with Crippen LogP contribution in [-0.4, -0.2) is 19.5 Å². The summed E-state index contributed by atoms with van der Waals surface area (Å²) in [6.07, 6.45) is 8.77. The Kier molecular flexibility index (Phi) is 6.47. The molecule has 0 spiro atoms. The molecule has 5 rings (SSSR count). The number of halogens is 2. The Bertz CT molecular complexity index is 1610. The molecule has 1 unspecified atom stereocenters. The summed E-state index contributed by atoms with van der Waals surface area (Å²) in [5, 5.41) is 18.5. The van der Waals surface area contributed by atoms with Gasteiger partial charge in [-0.25, -0.2) is 4.98 Å². The predicted octanol–water partition coefficient (Wildman–Crippen LogP) is 6.80. The van der Waals surface area contributed by atoms with Gasteiger partial charge in [0, 0.05) is 53.6 Å². The molecule has 3 heterocycles. The van der Waals surface area contributed by atoms with Crippen molar-refractivity contribution in [2.24, 2.45) is 7.05 Å². The average Bonchev–Trinajstić information content (AvgIpc) is 3.31. The second-order valence-corrected chi connectivity index (χ2v) is 9.24. The molecular weight excluding hydrogens is 493 g/mol. The van der Waals surface area contributed by atoms with Crippen LogP contribution in [0.25, 0.3) is 10.9 Å². The van der Waals surface area contributed by atoms with E-state index < -0.39 is 0 Å². The molecule has 178 valence electrons. The molecule has 0 saturated heterocycles. The summed E-state index contributed by atoms with van der Waals surface area (Å²) in [7, 11) is 1.92. The third-order valence-electron chi connectivity index (χ3n) is 5.84. The quantitative estimate of drug-likeness (QED) is 0.259. The van der Waals surface area contributed by atoms with E-state index in [0.29, 0.717) is 32.2 Å². The minimum atomic E-state index is -0.271. The number of hydrogen-bond acceptors (Lipinski definition) is 6. The molecule has 9 heteroatoms. The maximum Gasteiger partial charge on any atom is 0.103 e. The topological polar surface area (TPSA) is 91.5 Å². The normalized spacial score (nSPS) is 11.8. The van der Waals surface area contributed by atoms with E-state index in [1.807, 2.05) is 67.2 Å². The first kappa shape index (κ1) is 23.6. The number of anilines is 3. The third-order valence-corrected chi connectivity index (χ3v) is 6.53. The SMILES string of the molecule is Cc1ccc(Nc2c(C#N)cnc3c(Cl)cc(NC(c4cccnc4)c4cn(C)cn4)cc23)cc1Cl. The monoisotopic (exact) mass is 513 g/mol. The van der Waals surface area contributed by atoms with Crippen LogP contribution >= 0.6 is 23.2 Å². The molecule has 0 bridgehead atoms. The number of rotatable bonds is 6. The number of pyridine rings is 2. The molecule has 0 amide bonds. The van der Waals surface area contributed by atoms with E-state index in [4.69, 9.17) is 23.2 Å². The van der Waals surface area contributed by atoms with E-state index in [1.165, 1.54) is 6.20 Å². The van der Waals surface area contributed by atoms with Gasteiger partial charge in [0.25, 0.3) is 0 Å². The highest BCUT2D eigenvalue weighted by Gasteiger charge is 2.19. The first-order valence-corrected chi connectivity index (χ1v) is 11.9. The van der Waals surface area contributed by atoms with E-state index in [2.05, 4.69) is 31.7 Å². The Hall–Kier alpha value is -4.12. The lowest BCUT2D eigenvalue weighted by Gasteiger charge is -2.20. The van der Waals surface area contributed by atoms with Gasteiger partial charge in [0.05, 0.1) is 39.9 Å². The first-order valence-electron chi connectivity index (χ1n) is 11.1. The number of aryl methyl sites for hydroxylation is 2. The molecule has 0 aliphatic rings. The van der Waals surface area contributed by atoms with Gasteiger partial charge in [-0.1, -0.05) is 35.3 Å². The number of fused-ring (bicyclic) bond motifs is 1. The van der Waals surface area contributed by atoms with Crippen LogP contribution in [0.5, 0.6) is 0 Å². The third kappa shape index (κ3) is 4.69. The van der Waals surface area contributed by atoms with Crippen molar-refractivity contribution < 1.29 is 0 Å². The van der Waals surface area contributed by atoms with Gasteiger partial charge in [0.1, 0.15) is 6.07 Å². The number of nitriles is 1. The zero-order chi connectivity index (χ0) is 25.2. The number of nitrogens with zero attached hydrogens (tertiary/aromatic N) is 5. The first-order chi connectivity index (χ1) is 17.4. The van der Waals surface area contributed by atoms with Gasteiger partial charge >= 0.3 is 0 Å². The molecule has 3 aromatic heterocycles. The van der Waals surface area contributed by atoms with Gasteiger partial charge in [-0.2, -0.15) is 5.26 Å². The maximum atomic E-state index is 9.82. The van der Waals surface area contributed by atoms with Crippen LogP contribution in [0.4, 0.5) is 17.1 Å². The highest BCUT2D eigenvalue weighted by atomic mass is 35.5. The van der Waals surface area contributed by atoms with Gasteiger partial charge in [0.15, 0.2) is 0 Å². The Morgan fingerprint density at radius 1 is 1.03 bits per heavy atom. The Balaban J connectivity index is 1.62. The number of nitrogens with one attached hydrogen (secondary N) is 2. The molecular formula is C27H21Cl2N7. The molecule has 7 nitrogen and oxygen atoms in total. The minimum absolute atomic E-state index is 0.271. The van der Waals surface area contributed by atoms with Crippen molar-refractivity contribution in [3.05, 3.63) is 106 Å². The molecule has 0 saturated carbocycles. The molecule has 2 aromatic carbocycles. The average molecular weight is 514 g/mol. The van der Waals surface area contributed by atoms with Crippen LogP contribution in [0.3, 0.4) is 0 Å². The lowest BCUT2D eigenvalue weighted by molar-refractivity contribution is 0.883. The van der Waals surface area contributed by atoms with E-state index >= 15 is 0 Å². The van der Waals surface area contributed by atoms with Crippen molar-refractivity contribution >= 4 is 51.2 Å². The van der Waals surface area contributed by atoms with Crippen LogP contribution < -0.4 is 10.6 Å². The molecule has 36 heavy (non-hydrogen) atoms. The Morgan fingerprint density at radius 2 is 1.86 bits per heavy atom. The summed E-state index contributed by atoms with van der Waals surface area (Å²) in [6.45, 7) is 1.94. The van der Waals surface area contributed by atoms with Crippen LogP contribution in [0, 0.1) is 18.3 Å². The summed E-state index contributed by atoms with van der Waals surface area (Å²) in [6, 6.07) is 15.2. The molecule has 2 N–H and O–H groups in total. The summed E-state index contributed by atoms with van der Waals surface area (Å²) < 4.78 is 1.89.